The van der Waals surface area contributed by atoms with Crippen molar-refractivity contribution in [2.24, 2.45) is 0 Å². The van der Waals surface area contributed by atoms with Gasteiger partial charge in [-0.25, -0.2) is 4.98 Å². The van der Waals surface area contributed by atoms with E-state index in [9.17, 15) is 9.59 Å². The molecule has 2 fully saturated rings. The summed E-state index contributed by atoms with van der Waals surface area (Å²) in [6.07, 6.45) is 5.19. The fourth-order valence-electron chi connectivity index (χ4n) is 2.72. The molecule has 0 aliphatic heterocycles. The second kappa shape index (κ2) is 6.93. The van der Waals surface area contributed by atoms with Gasteiger partial charge < -0.3 is 14.6 Å². The molecule has 0 spiro atoms. The van der Waals surface area contributed by atoms with Crippen LogP contribution in [0.2, 0.25) is 10.0 Å². The number of amides is 2. The molecule has 2 amide bonds. The molecule has 1 N–H and O–H groups in total. The van der Waals surface area contributed by atoms with Gasteiger partial charge in [0.05, 0.1) is 6.54 Å². The lowest BCUT2D eigenvalue weighted by Gasteiger charge is -2.21. The Morgan fingerprint density at radius 2 is 1.85 bits per heavy atom. The van der Waals surface area contributed by atoms with Gasteiger partial charge in [0.15, 0.2) is 5.69 Å². The average Bonchev–Trinajstić information content (AvgIpc) is 3.52. The van der Waals surface area contributed by atoms with E-state index in [0.717, 1.165) is 25.7 Å². The SMILES string of the molecule is O=C(NC1CC1)c1coc(CN(C(=O)c2cc(Cl)cc(Cl)c2)C2CC2)n1. The highest BCUT2D eigenvalue weighted by Gasteiger charge is 2.34. The first-order valence-corrected chi connectivity index (χ1v) is 9.27. The number of nitrogens with one attached hydrogen (secondary N) is 1. The highest BCUT2D eigenvalue weighted by atomic mass is 35.5. The predicted octanol–water partition coefficient (Wildman–Crippen LogP) is 3.68. The molecule has 0 unspecified atom stereocenters. The van der Waals surface area contributed by atoms with Crippen LogP contribution in [0.5, 0.6) is 0 Å². The fourth-order valence-corrected chi connectivity index (χ4v) is 3.24. The van der Waals surface area contributed by atoms with Crippen molar-refractivity contribution in [3.8, 4) is 0 Å². The third-order valence-corrected chi connectivity index (χ3v) is 4.80. The van der Waals surface area contributed by atoms with Crippen LogP contribution >= 0.6 is 23.2 Å². The van der Waals surface area contributed by atoms with E-state index in [2.05, 4.69) is 10.3 Å². The molecule has 1 aromatic heterocycles. The van der Waals surface area contributed by atoms with Crippen LogP contribution in [0.1, 0.15) is 52.4 Å². The lowest BCUT2D eigenvalue weighted by molar-refractivity contribution is 0.0714. The first-order chi connectivity index (χ1) is 12.5. The van der Waals surface area contributed by atoms with Gasteiger partial charge in [-0.3, -0.25) is 9.59 Å². The Morgan fingerprint density at radius 3 is 2.46 bits per heavy atom. The van der Waals surface area contributed by atoms with Gasteiger partial charge in [0.1, 0.15) is 6.26 Å². The van der Waals surface area contributed by atoms with Crippen molar-refractivity contribution in [1.29, 1.82) is 0 Å². The third kappa shape index (κ3) is 4.02. The number of halogens is 2. The zero-order valence-corrected chi connectivity index (χ0v) is 15.4. The van der Waals surface area contributed by atoms with E-state index < -0.39 is 0 Å². The number of aromatic nitrogens is 1. The van der Waals surface area contributed by atoms with Crippen LogP contribution in [0, 0.1) is 0 Å². The molecule has 2 aliphatic rings. The molecule has 0 bridgehead atoms. The summed E-state index contributed by atoms with van der Waals surface area (Å²) in [6, 6.07) is 5.15. The maximum atomic E-state index is 12.9. The highest BCUT2D eigenvalue weighted by Crippen LogP contribution is 2.31. The minimum absolute atomic E-state index is 0.135. The topological polar surface area (TPSA) is 75.4 Å². The molecular formula is C18H17Cl2N3O3. The molecule has 6 nitrogen and oxygen atoms in total. The molecule has 4 rings (SSSR count). The second-order valence-corrected chi connectivity index (χ2v) is 7.57. The molecule has 1 aromatic carbocycles. The minimum atomic E-state index is -0.242. The molecule has 0 radical (unpaired) electrons. The number of oxazole rings is 1. The van der Waals surface area contributed by atoms with E-state index in [-0.39, 0.29) is 36.1 Å². The van der Waals surface area contributed by atoms with E-state index in [1.165, 1.54) is 6.26 Å². The Hall–Kier alpha value is -2.05. The number of carbonyl (C=O) groups is 2. The van der Waals surface area contributed by atoms with E-state index in [4.69, 9.17) is 27.6 Å². The summed E-state index contributed by atoms with van der Waals surface area (Å²) in [7, 11) is 0. The highest BCUT2D eigenvalue weighted by molar-refractivity contribution is 6.35. The summed E-state index contributed by atoms with van der Waals surface area (Å²) in [5, 5.41) is 3.68. The summed E-state index contributed by atoms with van der Waals surface area (Å²) in [6.45, 7) is 0.199. The maximum Gasteiger partial charge on any atom is 0.273 e. The zero-order chi connectivity index (χ0) is 18.3. The van der Waals surface area contributed by atoms with E-state index in [1.807, 2.05) is 0 Å². The zero-order valence-electron chi connectivity index (χ0n) is 13.9. The Balaban J connectivity index is 1.49. The largest absolute Gasteiger partial charge is 0.446 e. The van der Waals surface area contributed by atoms with Crippen molar-refractivity contribution in [3.63, 3.8) is 0 Å². The van der Waals surface area contributed by atoms with Crippen LogP contribution in [0.3, 0.4) is 0 Å². The van der Waals surface area contributed by atoms with Gasteiger partial charge in [0, 0.05) is 27.7 Å². The lowest BCUT2D eigenvalue weighted by Crippen LogP contribution is -2.33. The molecule has 0 atom stereocenters. The van der Waals surface area contributed by atoms with Crippen molar-refractivity contribution < 1.29 is 14.0 Å². The first kappa shape index (κ1) is 17.4. The molecule has 2 saturated carbocycles. The Morgan fingerprint density at radius 1 is 1.15 bits per heavy atom. The average molecular weight is 394 g/mol. The monoisotopic (exact) mass is 393 g/mol. The van der Waals surface area contributed by atoms with Crippen LogP contribution in [0.4, 0.5) is 0 Å². The van der Waals surface area contributed by atoms with Crippen molar-refractivity contribution in [3.05, 3.63) is 51.7 Å². The second-order valence-electron chi connectivity index (χ2n) is 6.70. The van der Waals surface area contributed by atoms with E-state index in [0.29, 0.717) is 21.5 Å². The summed E-state index contributed by atoms with van der Waals surface area (Å²) in [5.41, 5.74) is 0.661. The van der Waals surface area contributed by atoms with Crippen molar-refractivity contribution in [2.75, 3.05) is 0 Å². The summed E-state index contributed by atoms with van der Waals surface area (Å²) < 4.78 is 5.41. The van der Waals surface area contributed by atoms with Crippen LogP contribution in [-0.2, 0) is 6.54 Å². The van der Waals surface area contributed by atoms with Gasteiger partial charge in [-0.15, -0.1) is 0 Å². The number of carbonyl (C=O) groups excluding carboxylic acids is 2. The van der Waals surface area contributed by atoms with Gasteiger partial charge in [-0.05, 0) is 43.9 Å². The number of rotatable bonds is 6. The lowest BCUT2D eigenvalue weighted by atomic mass is 10.2. The number of benzene rings is 1. The smallest absolute Gasteiger partial charge is 0.273 e. The van der Waals surface area contributed by atoms with Crippen molar-refractivity contribution >= 4 is 35.0 Å². The van der Waals surface area contributed by atoms with Gasteiger partial charge in [0.2, 0.25) is 5.89 Å². The molecule has 0 saturated heterocycles. The quantitative estimate of drug-likeness (QED) is 0.811. The minimum Gasteiger partial charge on any atom is -0.446 e. The van der Waals surface area contributed by atoms with Crippen molar-refractivity contribution in [1.82, 2.24) is 15.2 Å². The van der Waals surface area contributed by atoms with Gasteiger partial charge >= 0.3 is 0 Å². The normalized spacial score (nSPS) is 16.4. The predicted molar refractivity (Wildman–Crippen MR) is 96.3 cm³/mol. The maximum absolute atomic E-state index is 12.9. The molecule has 2 aliphatic carbocycles. The van der Waals surface area contributed by atoms with Gasteiger partial charge in [-0.2, -0.15) is 0 Å². The summed E-state index contributed by atoms with van der Waals surface area (Å²) in [5.74, 6) is -0.0909. The van der Waals surface area contributed by atoms with Crippen LogP contribution < -0.4 is 5.32 Å². The Labute approximate surface area is 160 Å². The summed E-state index contributed by atoms with van der Waals surface area (Å²) in [4.78, 5) is 30.8. The Bertz CT molecular complexity index is 839. The fraction of sp³-hybridized carbons (Fsp3) is 0.389. The first-order valence-electron chi connectivity index (χ1n) is 8.52. The number of hydrogen-bond acceptors (Lipinski definition) is 4. The van der Waals surface area contributed by atoms with Crippen LogP contribution in [0.25, 0.3) is 0 Å². The molecule has 1 heterocycles. The third-order valence-electron chi connectivity index (χ3n) is 4.36. The molecule has 8 heteroatoms. The molecule has 136 valence electrons. The number of nitrogens with zero attached hydrogens (tertiary/aromatic N) is 2. The standard InChI is InChI=1S/C18H17Cl2N3O3/c19-11-5-10(6-12(20)7-11)18(25)23(14-3-4-14)8-16-22-15(9-26-16)17(24)21-13-1-2-13/h5-7,9,13-14H,1-4,8H2,(H,21,24). The Kier molecular flexibility index (Phi) is 4.63. The summed E-state index contributed by atoms with van der Waals surface area (Å²) >= 11 is 12.0. The van der Waals surface area contributed by atoms with Crippen LogP contribution in [-0.4, -0.2) is 33.8 Å². The van der Waals surface area contributed by atoms with Crippen molar-refractivity contribution in [2.45, 2.75) is 44.3 Å². The molecular weight excluding hydrogens is 377 g/mol. The van der Waals surface area contributed by atoms with Gasteiger partial charge in [0.25, 0.3) is 11.8 Å². The number of hydrogen-bond donors (Lipinski definition) is 1. The van der Waals surface area contributed by atoms with E-state index >= 15 is 0 Å². The van der Waals surface area contributed by atoms with E-state index in [1.54, 1.807) is 23.1 Å². The van der Waals surface area contributed by atoms with Gasteiger partial charge in [-0.1, -0.05) is 23.2 Å². The van der Waals surface area contributed by atoms with Crippen LogP contribution in [0.15, 0.2) is 28.9 Å². The molecule has 2 aromatic rings. The molecule has 26 heavy (non-hydrogen) atoms.